The number of aromatic amines is 2. The third-order valence-electron chi connectivity index (χ3n) is 3.67. The minimum atomic E-state index is -0.740. The molecule has 0 saturated carbocycles. The van der Waals surface area contributed by atoms with Gasteiger partial charge in [0.05, 0.1) is 5.02 Å². The number of nitrogens with zero attached hydrogens (tertiary/aromatic N) is 1. The van der Waals surface area contributed by atoms with Gasteiger partial charge in [0, 0.05) is 30.9 Å². The number of benzene rings is 1. The van der Waals surface area contributed by atoms with Gasteiger partial charge in [-0.25, -0.2) is 4.39 Å². The van der Waals surface area contributed by atoms with Gasteiger partial charge in [-0.3, -0.25) is 14.7 Å². The van der Waals surface area contributed by atoms with Crippen LogP contribution in [0.25, 0.3) is 0 Å². The van der Waals surface area contributed by atoms with Gasteiger partial charge >= 0.3 is 0 Å². The minimum Gasteiger partial charge on any atom is -0.504 e. The number of rotatable bonds is 2. The Balaban J connectivity index is 1.84. The fraction of sp³-hybridized carbons (Fsp3) is 0.286. The number of fused-ring (bicyclic) bond motifs is 1. The maximum absolute atomic E-state index is 13.5. The van der Waals surface area contributed by atoms with Crippen molar-refractivity contribution in [3.05, 3.63) is 54.9 Å². The summed E-state index contributed by atoms with van der Waals surface area (Å²) in [4.78, 5) is 19.4. The first kappa shape index (κ1) is 15.2. The molecule has 0 amide bonds. The maximum atomic E-state index is 13.5. The van der Waals surface area contributed by atoms with Gasteiger partial charge in [0.1, 0.15) is 0 Å². The van der Waals surface area contributed by atoms with Crippen molar-refractivity contribution < 1.29 is 9.50 Å². The summed E-state index contributed by atoms with van der Waals surface area (Å²) in [5, 5.41) is 9.34. The van der Waals surface area contributed by atoms with Crippen molar-refractivity contribution in [2.45, 2.75) is 19.5 Å². The van der Waals surface area contributed by atoms with Gasteiger partial charge in [-0.15, -0.1) is 0 Å². The molecule has 0 spiro atoms. The lowest BCUT2D eigenvalue weighted by Gasteiger charge is -2.27. The van der Waals surface area contributed by atoms with Crippen molar-refractivity contribution in [3.63, 3.8) is 0 Å². The molecule has 2 heterocycles. The first-order chi connectivity index (χ1) is 10.4. The van der Waals surface area contributed by atoms with Gasteiger partial charge < -0.3 is 10.1 Å². The highest BCUT2D eigenvalue weighted by Crippen LogP contribution is 2.28. The normalized spacial score (nSPS) is 14.8. The number of hydrogen-bond acceptors (Lipinski definition) is 4. The standard InChI is InChI=1S/C14H13ClFN3O2S/c15-9-3-7(4-10(16)12(9)20)5-19-2-1-8-11(6-19)17-14(22)18-13(8)21/h3-4,20H,1-2,5-6H2,(H2,17,18,21,22). The van der Waals surface area contributed by atoms with E-state index in [0.29, 0.717) is 42.0 Å². The van der Waals surface area contributed by atoms with Crippen LogP contribution in [0.4, 0.5) is 4.39 Å². The Morgan fingerprint density at radius 1 is 1.41 bits per heavy atom. The van der Waals surface area contributed by atoms with Crippen molar-refractivity contribution in [2.75, 3.05) is 6.54 Å². The predicted octanol–water partition coefficient (Wildman–Crippen LogP) is 2.49. The molecule has 1 aliphatic heterocycles. The van der Waals surface area contributed by atoms with Crippen LogP contribution < -0.4 is 5.56 Å². The number of H-pyrrole nitrogens is 2. The van der Waals surface area contributed by atoms with Crippen LogP contribution in [0.2, 0.25) is 5.02 Å². The molecule has 2 aromatic rings. The van der Waals surface area contributed by atoms with Gasteiger partial charge in [-0.1, -0.05) is 11.6 Å². The second kappa shape index (κ2) is 5.83. The van der Waals surface area contributed by atoms with E-state index in [1.807, 2.05) is 0 Å². The molecular weight excluding hydrogens is 329 g/mol. The van der Waals surface area contributed by atoms with E-state index in [2.05, 4.69) is 14.9 Å². The number of halogens is 2. The molecule has 5 nitrogen and oxygen atoms in total. The molecular formula is C14H13ClFN3O2S. The number of hydrogen-bond donors (Lipinski definition) is 3. The summed E-state index contributed by atoms with van der Waals surface area (Å²) < 4.78 is 13.8. The maximum Gasteiger partial charge on any atom is 0.255 e. The van der Waals surface area contributed by atoms with E-state index in [4.69, 9.17) is 23.8 Å². The highest BCUT2D eigenvalue weighted by molar-refractivity contribution is 7.71. The third-order valence-corrected chi connectivity index (χ3v) is 4.16. The zero-order chi connectivity index (χ0) is 15.9. The van der Waals surface area contributed by atoms with E-state index in [1.165, 1.54) is 12.1 Å². The SMILES string of the molecule is O=c1[nH]c(=S)[nH]c2c1CCN(Cc1cc(F)c(O)c(Cl)c1)C2. The van der Waals surface area contributed by atoms with Crippen molar-refractivity contribution in [1.82, 2.24) is 14.9 Å². The Kier molecular flexibility index (Phi) is 4.03. The monoisotopic (exact) mass is 341 g/mol. The highest BCUT2D eigenvalue weighted by Gasteiger charge is 2.20. The zero-order valence-corrected chi connectivity index (χ0v) is 13.0. The lowest BCUT2D eigenvalue weighted by molar-refractivity contribution is 0.240. The molecule has 3 N–H and O–H groups in total. The average Bonchev–Trinajstić information content (AvgIpc) is 2.44. The topological polar surface area (TPSA) is 72.1 Å². The summed E-state index contributed by atoms with van der Waals surface area (Å²) in [6, 6.07) is 2.80. The average molecular weight is 342 g/mol. The second-order valence-electron chi connectivity index (χ2n) is 5.23. The molecule has 0 atom stereocenters. The van der Waals surface area contributed by atoms with Gasteiger partial charge in [0.2, 0.25) is 0 Å². The lowest BCUT2D eigenvalue weighted by Crippen LogP contribution is -2.34. The molecule has 0 aliphatic carbocycles. The van der Waals surface area contributed by atoms with Crippen LogP contribution in [0.15, 0.2) is 16.9 Å². The van der Waals surface area contributed by atoms with Gasteiger partial charge in [-0.2, -0.15) is 0 Å². The Morgan fingerprint density at radius 3 is 2.91 bits per heavy atom. The Bertz CT molecular complexity index is 826. The van der Waals surface area contributed by atoms with Crippen LogP contribution in [-0.4, -0.2) is 26.5 Å². The van der Waals surface area contributed by atoms with Gasteiger partial charge in [0.15, 0.2) is 16.3 Å². The fourth-order valence-electron chi connectivity index (χ4n) is 2.63. The molecule has 116 valence electrons. The summed E-state index contributed by atoms with van der Waals surface area (Å²) in [6.45, 7) is 1.65. The number of phenols is 1. The Labute approximate surface area is 135 Å². The number of aromatic hydroxyl groups is 1. The molecule has 0 bridgehead atoms. The summed E-state index contributed by atoms with van der Waals surface area (Å²) in [6.07, 6.45) is 0.588. The quantitative estimate of drug-likeness (QED) is 0.734. The Hall–Kier alpha value is -1.70. The van der Waals surface area contributed by atoms with Crippen LogP contribution >= 0.6 is 23.8 Å². The summed E-state index contributed by atoms with van der Waals surface area (Å²) in [7, 11) is 0. The van der Waals surface area contributed by atoms with Gasteiger partial charge in [-0.05, 0) is 36.3 Å². The third kappa shape index (κ3) is 2.92. The van der Waals surface area contributed by atoms with Crippen molar-refractivity contribution in [2.24, 2.45) is 0 Å². The van der Waals surface area contributed by atoms with E-state index in [-0.39, 0.29) is 10.6 Å². The number of nitrogens with one attached hydrogen (secondary N) is 2. The van der Waals surface area contributed by atoms with Crippen LogP contribution in [0.5, 0.6) is 5.75 Å². The number of phenolic OH excluding ortho intramolecular Hbond substituents is 1. The van der Waals surface area contributed by atoms with E-state index >= 15 is 0 Å². The summed E-state index contributed by atoms with van der Waals surface area (Å²) >= 11 is 10.8. The molecule has 0 unspecified atom stereocenters. The van der Waals surface area contributed by atoms with Crippen molar-refractivity contribution in [1.29, 1.82) is 0 Å². The molecule has 1 aromatic carbocycles. The van der Waals surface area contributed by atoms with Crippen LogP contribution in [-0.2, 0) is 19.5 Å². The first-order valence-electron chi connectivity index (χ1n) is 6.67. The van der Waals surface area contributed by atoms with E-state index in [1.54, 1.807) is 0 Å². The Morgan fingerprint density at radius 2 is 2.18 bits per heavy atom. The molecule has 1 aliphatic rings. The highest BCUT2D eigenvalue weighted by atomic mass is 35.5. The second-order valence-corrected chi connectivity index (χ2v) is 6.05. The molecule has 0 saturated heterocycles. The van der Waals surface area contributed by atoms with Crippen molar-refractivity contribution >= 4 is 23.8 Å². The molecule has 22 heavy (non-hydrogen) atoms. The fourth-order valence-corrected chi connectivity index (χ4v) is 3.08. The molecule has 0 radical (unpaired) electrons. The van der Waals surface area contributed by atoms with Crippen molar-refractivity contribution in [3.8, 4) is 5.75 Å². The van der Waals surface area contributed by atoms with E-state index in [9.17, 15) is 14.3 Å². The van der Waals surface area contributed by atoms with Crippen LogP contribution in [0.1, 0.15) is 16.8 Å². The molecule has 1 aromatic heterocycles. The van der Waals surface area contributed by atoms with E-state index < -0.39 is 11.6 Å². The number of aromatic nitrogens is 2. The predicted molar refractivity (Wildman–Crippen MR) is 83.1 cm³/mol. The molecule has 8 heteroatoms. The first-order valence-corrected chi connectivity index (χ1v) is 7.46. The van der Waals surface area contributed by atoms with Crippen LogP contribution in [0.3, 0.4) is 0 Å². The minimum absolute atomic E-state index is 0.0109. The summed E-state index contributed by atoms with van der Waals surface area (Å²) in [5.41, 5.74) is 1.99. The van der Waals surface area contributed by atoms with E-state index in [0.717, 1.165) is 5.69 Å². The van der Waals surface area contributed by atoms with Crippen LogP contribution in [0, 0.1) is 10.6 Å². The zero-order valence-electron chi connectivity index (χ0n) is 11.4. The molecule has 3 rings (SSSR count). The summed E-state index contributed by atoms with van der Waals surface area (Å²) in [5.74, 6) is -1.28. The lowest BCUT2D eigenvalue weighted by atomic mass is 10.1. The largest absolute Gasteiger partial charge is 0.504 e. The van der Waals surface area contributed by atoms with Gasteiger partial charge in [0.25, 0.3) is 5.56 Å². The molecule has 0 fully saturated rings. The smallest absolute Gasteiger partial charge is 0.255 e.